The van der Waals surface area contributed by atoms with E-state index in [1.165, 1.54) is 19.2 Å². The predicted octanol–water partition coefficient (Wildman–Crippen LogP) is 5.29. The van der Waals surface area contributed by atoms with Crippen LogP contribution in [0.2, 0.25) is 0 Å². The van der Waals surface area contributed by atoms with Crippen molar-refractivity contribution in [2.24, 2.45) is 0 Å². The maximum absolute atomic E-state index is 12.7. The summed E-state index contributed by atoms with van der Waals surface area (Å²) in [6.07, 6.45) is 0. The Balaban J connectivity index is 1.58. The molecule has 4 aromatic rings. The molecule has 1 N–H and O–H groups in total. The Morgan fingerprint density at radius 2 is 1.62 bits per heavy atom. The van der Waals surface area contributed by atoms with Crippen LogP contribution >= 0.6 is 11.3 Å². The maximum Gasteiger partial charge on any atom is 0.261 e. The van der Waals surface area contributed by atoms with Crippen LogP contribution in [-0.4, -0.2) is 20.5 Å². The molecule has 1 aromatic heterocycles. The lowest BCUT2D eigenvalue weighted by atomic mass is 10.1. The molecule has 0 atom stereocenters. The highest BCUT2D eigenvalue weighted by Gasteiger charge is 2.15. The number of ether oxygens (including phenoxy) is 1. The highest BCUT2D eigenvalue weighted by molar-refractivity contribution is 7.92. The molecule has 7 heteroatoms. The van der Waals surface area contributed by atoms with E-state index in [1.54, 1.807) is 35.6 Å². The van der Waals surface area contributed by atoms with Gasteiger partial charge in [-0.05, 0) is 36.4 Å². The van der Waals surface area contributed by atoms with E-state index in [9.17, 15) is 8.42 Å². The largest absolute Gasteiger partial charge is 0.497 e. The van der Waals surface area contributed by atoms with Crippen molar-refractivity contribution in [3.8, 4) is 27.6 Å². The fraction of sp³-hybridized carbons (Fsp3) is 0.0455. The van der Waals surface area contributed by atoms with Gasteiger partial charge in [0.25, 0.3) is 10.0 Å². The highest BCUT2D eigenvalue weighted by atomic mass is 32.2. The third-order valence-electron chi connectivity index (χ3n) is 4.31. The van der Waals surface area contributed by atoms with Crippen LogP contribution in [0.25, 0.3) is 21.8 Å². The fourth-order valence-electron chi connectivity index (χ4n) is 2.83. The standard InChI is InChI=1S/C22H18N2O3S2/c1-27-19-10-12-20(13-11-19)29(25,26)24-18-9-5-8-17(14-18)21-15-28-22(23-21)16-6-3-2-4-7-16/h2-15,24H,1H3. The van der Waals surface area contributed by atoms with Gasteiger partial charge in [-0.1, -0.05) is 42.5 Å². The Bertz CT molecular complexity index is 1220. The van der Waals surface area contributed by atoms with Crippen molar-refractivity contribution in [3.63, 3.8) is 0 Å². The van der Waals surface area contributed by atoms with E-state index in [0.29, 0.717) is 11.4 Å². The zero-order chi connectivity index (χ0) is 20.3. The van der Waals surface area contributed by atoms with Gasteiger partial charge in [-0.3, -0.25) is 4.72 Å². The van der Waals surface area contributed by atoms with Crippen LogP contribution in [0.4, 0.5) is 5.69 Å². The van der Waals surface area contributed by atoms with Gasteiger partial charge >= 0.3 is 0 Å². The number of anilines is 1. The van der Waals surface area contributed by atoms with E-state index < -0.39 is 10.0 Å². The minimum Gasteiger partial charge on any atom is -0.497 e. The van der Waals surface area contributed by atoms with E-state index in [0.717, 1.165) is 21.8 Å². The van der Waals surface area contributed by atoms with Crippen molar-refractivity contribution in [2.75, 3.05) is 11.8 Å². The molecule has 0 fully saturated rings. The molecule has 0 saturated heterocycles. The van der Waals surface area contributed by atoms with Crippen molar-refractivity contribution in [3.05, 3.63) is 84.2 Å². The summed E-state index contributed by atoms with van der Waals surface area (Å²) in [6, 6.07) is 23.4. The molecule has 0 radical (unpaired) electrons. The lowest BCUT2D eigenvalue weighted by Gasteiger charge is -2.09. The van der Waals surface area contributed by atoms with Crippen molar-refractivity contribution >= 4 is 27.0 Å². The predicted molar refractivity (Wildman–Crippen MR) is 117 cm³/mol. The van der Waals surface area contributed by atoms with Crippen LogP contribution < -0.4 is 9.46 Å². The number of nitrogens with zero attached hydrogens (tertiary/aromatic N) is 1. The second-order valence-corrected chi connectivity index (χ2v) is 8.81. The normalized spacial score (nSPS) is 11.2. The molecule has 0 unspecified atom stereocenters. The Labute approximate surface area is 173 Å². The second-order valence-electron chi connectivity index (χ2n) is 6.27. The zero-order valence-corrected chi connectivity index (χ0v) is 17.2. The third-order valence-corrected chi connectivity index (χ3v) is 6.59. The summed E-state index contributed by atoms with van der Waals surface area (Å²) in [5.41, 5.74) is 3.19. The lowest BCUT2D eigenvalue weighted by molar-refractivity contribution is 0.414. The summed E-state index contributed by atoms with van der Waals surface area (Å²) in [4.78, 5) is 4.86. The Morgan fingerprint density at radius 1 is 0.897 bits per heavy atom. The molecule has 3 aromatic carbocycles. The molecule has 0 bridgehead atoms. The number of nitrogens with one attached hydrogen (secondary N) is 1. The SMILES string of the molecule is COc1ccc(S(=O)(=O)Nc2cccc(-c3csc(-c4ccccc4)n3)c2)cc1. The molecule has 0 spiro atoms. The summed E-state index contributed by atoms with van der Waals surface area (Å²) in [6.45, 7) is 0. The van der Waals surface area contributed by atoms with Crippen LogP contribution in [0.1, 0.15) is 0 Å². The van der Waals surface area contributed by atoms with E-state index in [-0.39, 0.29) is 4.90 Å². The smallest absolute Gasteiger partial charge is 0.261 e. The average Bonchev–Trinajstić information content (AvgIpc) is 3.25. The first-order chi connectivity index (χ1) is 14.0. The van der Waals surface area contributed by atoms with E-state index >= 15 is 0 Å². The fourth-order valence-corrected chi connectivity index (χ4v) is 4.72. The number of benzene rings is 3. The van der Waals surface area contributed by atoms with Gasteiger partial charge < -0.3 is 4.74 Å². The number of hydrogen-bond donors (Lipinski definition) is 1. The molecule has 0 aliphatic rings. The second kappa shape index (κ2) is 8.06. The van der Waals surface area contributed by atoms with Gasteiger partial charge in [0.05, 0.1) is 17.7 Å². The maximum atomic E-state index is 12.7. The summed E-state index contributed by atoms with van der Waals surface area (Å²) in [7, 11) is -2.16. The zero-order valence-electron chi connectivity index (χ0n) is 15.6. The summed E-state index contributed by atoms with van der Waals surface area (Å²) < 4.78 is 33.1. The average molecular weight is 423 g/mol. The summed E-state index contributed by atoms with van der Waals surface area (Å²) in [5.74, 6) is 0.601. The van der Waals surface area contributed by atoms with Gasteiger partial charge in [-0.2, -0.15) is 0 Å². The first-order valence-electron chi connectivity index (χ1n) is 8.83. The van der Waals surface area contributed by atoms with Crippen LogP contribution in [-0.2, 0) is 10.0 Å². The molecular formula is C22H18N2O3S2. The Hall–Kier alpha value is -3.16. The van der Waals surface area contributed by atoms with Crippen LogP contribution in [0.3, 0.4) is 0 Å². The first-order valence-corrected chi connectivity index (χ1v) is 11.2. The first kappa shape index (κ1) is 19.2. The van der Waals surface area contributed by atoms with Crippen LogP contribution in [0, 0.1) is 0 Å². The minimum atomic E-state index is -3.70. The van der Waals surface area contributed by atoms with Crippen molar-refractivity contribution in [1.82, 2.24) is 4.98 Å². The number of methoxy groups -OCH3 is 1. The van der Waals surface area contributed by atoms with Crippen LogP contribution in [0.5, 0.6) is 5.75 Å². The molecule has 29 heavy (non-hydrogen) atoms. The molecule has 1 heterocycles. The number of sulfonamides is 1. The monoisotopic (exact) mass is 422 g/mol. The van der Waals surface area contributed by atoms with Gasteiger partial charge in [0.1, 0.15) is 10.8 Å². The third kappa shape index (κ3) is 4.31. The number of aromatic nitrogens is 1. The minimum absolute atomic E-state index is 0.170. The highest BCUT2D eigenvalue weighted by Crippen LogP contribution is 2.30. The Morgan fingerprint density at radius 3 is 2.34 bits per heavy atom. The molecule has 0 aliphatic carbocycles. The van der Waals surface area contributed by atoms with E-state index in [2.05, 4.69) is 4.72 Å². The van der Waals surface area contributed by atoms with E-state index in [1.807, 2.05) is 47.8 Å². The number of hydrogen-bond acceptors (Lipinski definition) is 5. The van der Waals surface area contributed by atoms with Gasteiger partial charge in [0.15, 0.2) is 0 Å². The molecule has 0 amide bonds. The molecule has 146 valence electrons. The summed E-state index contributed by atoms with van der Waals surface area (Å²) >= 11 is 1.56. The molecule has 4 rings (SSSR count). The number of rotatable bonds is 6. The van der Waals surface area contributed by atoms with Crippen LogP contribution in [0.15, 0.2) is 89.1 Å². The van der Waals surface area contributed by atoms with Crippen molar-refractivity contribution in [1.29, 1.82) is 0 Å². The lowest BCUT2D eigenvalue weighted by Crippen LogP contribution is -2.12. The summed E-state index contributed by atoms with van der Waals surface area (Å²) in [5, 5.41) is 2.89. The molecule has 0 saturated carbocycles. The molecule has 5 nitrogen and oxygen atoms in total. The topological polar surface area (TPSA) is 68.3 Å². The molecular weight excluding hydrogens is 404 g/mol. The number of thiazole rings is 1. The van der Waals surface area contributed by atoms with Crippen molar-refractivity contribution < 1.29 is 13.2 Å². The molecule has 0 aliphatic heterocycles. The quantitative estimate of drug-likeness (QED) is 0.459. The van der Waals surface area contributed by atoms with Gasteiger partial charge in [-0.25, -0.2) is 13.4 Å². The van der Waals surface area contributed by atoms with Gasteiger partial charge in [0, 0.05) is 22.2 Å². The van der Waals surface area contributed by atoms with Gasteiger partial charge in [0.2, 0.25) is 0 Å². The van der Waals surface area contributed by atoms with E-state index in [4.69, 9.17) is 9.72 Å². The van der Waals surface area contributed by atoms with Crippen molar-refractivity contribution in [2.45, 2.75) is 4.90 Å². The Kier molecular flexibility index (Phi) is 5.33. The van der Waals surface area contributed by atoms with Gasteiger partial charge in [-0.15, -0.1) is 11.3 Å².